The first-order valence-corrected chi connectivity index (χ1v) is 11.1. The molecule has 0 aliphatic carbocycles. The van der Waals surface area contributed by atoms with E-state index < -0.39 is 9.84 Å². The number of hydrogen-bond acceptors (Lipinski definition) is 7. The van der Waals surface area contributed by atoms with Crippen LogP contribution in [0.15, 0.2) is 56.1 Å². The molecule has 142 valence electrons. The molecule has 1 aromatic carbocycles. The fourth-order valence-electron chi connectivity index (χ4n) is 2.95. The number of hydrogen-bond donors (Lipinski definition) is 1. The Bertz CT molecular complexity index is 1000. The minimum absolute atomic E-state index is 0.0511. The highest BCUT2D eigenvalue weighted by atomic mass is 32.2. The van der Waals surface area contributed by atoms with Gasteiger partial charge in [-0.2, -0.15) is 4.98 Å². The minimum Gasteiger partial charge on any atom is -0.418 e. The van der Waals surface area contributed by atoms with Gasteiger partial charge in [0.05, 0.1) is 15.9 Å². The number of nitrogens with zero attached hydrogens (tertiary/aromatic N) is 1. The number of rotatable bonds is 6. The van der Waals surface area contributed by atoms with Gasteiger partial charge < -0.3 is 14.5 Å². The van der Waals surface area contributed by atoms with Gasteiger partial charge in [0.25, 0.3) is 0 Å². The summed E-state index contributed by atoms with van der Waals surface area (Å²) in [7, 11) is -3.81. The monoisotopic (exact) mass is 404 g/mol. The second kappa shape index (κ2) is 7.46. The molecule has 2 aromatic heterocycles. The first-order chi connectivity index (χ1) is 13.0. The van der Waals surface area contributed by atoms with Crippen LogP contribution in [0, 0.1) is 6.92 Å². The Hall–Kier alpha value is -2.16. The third-order valence-corrected chi connectivity index (χ3v) is 6.96. The molecule has 1 N–H and O–H groups in total. The van der Waals surface area contributed by atoms with Gasteiger partial charge in [-0.15, -0.1) is 11.3 Å². The summed E-state index contributed by atoms with van der Waals surface area (Å²) in [4.78, 5) is 5.29. The van der Waals surface area contributed by atoms with E-state index in [0.29, 0.717) is 12.4 Å². The summed E-state index contributed by atoms with van der Waals surface area (Å²) in [5, 5.41) is 4.90. The highest BCUT2D eigenvalue weighted by Gasteiger charge is 2.29. The van der Waals surface area contributed by atoms with E-state index in [9.17, 15) is 8.42 Å². The zero-order valence-corrected chi connectivity index (χ0v) is 16.5. The van der Waals surface area contributed by atoms with Crippen molar-refractivity contribution in [3.8, 4) is 10.8 Å². The number of oxazole rings is 1. The molecule has 0 unspecified atom stereocenters. The Morgan fingerprint density at radius 2 is 2.07 bits per heavy atom. The normalized spacial score (nSPS) is 17.3. The first kappa shape index (κ1) is 18.2. The number of anilines is 1. The fraction of sp³-hybridized carbons (Fsp3) is 0.316. The van der Waals surface area contributed by atoms with Crippen molar-refractivity contribution in [2.75, 3.05) is 18.5 Å². The molecule has 0 saturated carbocycles. The SMILES string of the molecule is Cc1ccc(S(=O)(=O)c2nc(-c3cccs3)oc2NC[C@@H]2CCCO2)cc1. The van der Waals surface area contributed by atoms with Crippen molar-refractivity contribution in [2.24, 2.45) is 0 Å². The maximum absolute atomic E-state index is 13.2. The molecule has 1 aliphatic rings. The Kier molecular flexibility index (Phi) is 5.03. The lowest BCUT2D eigenvalue weighted by atomic mass is 10.2. The lowest BCUT2D eigenvalue weighted by molar-refractivity contribution is 0.120. The maximum Gasteiger partial charge on any atom is 0.240 e. The third kappa shape index (κ3) is 3.78. The summed E-state index contributed by atoms with van der Waals surface area (Å²) in [6.45, 7) is 3.13. The molecule has 0 amide bonds. The zero-order valence-electron chi connectivity index (χ0n) is 14.8. The summed E-state index contributed by atoms with van der Waals surface area (Å²) in [5.41, 5.74) is 0.991. The van der Waals surface area contributed by atoms with Crippen molar-refractivity contribution in [2.45, 2.75) is 35.8 Å². The van der Waals surface area contributed by atoms with Crippen molar-refractivity contribution in [1.82, 2.24) is 4.98 Å². The molecule has 1 atom stereocenters. The largest absolute Gasteiger partial charge is 0.418 e. The Labute approximate surface area is 162 Å². The van der Waals surface area contributed by atoms with Crippen LogP contribution in [-0.4, -0.2) is 32.7 Å². The van der Waals surface area contributed by atoms with E-state index in [1.807, 2.05) is 24.4 Å². The van der Waals surface area contributed by atoms with Crippen LogP contribution in [-0.2, 0) is 14.6 Å². The van der Waals surface area contributed by atoms with E-state index in [4.69, 9.17) is 9.15 Å². The van der Waals surface area contributed by atoms with Gasteiger partial charge in [-0.25, -0.2) is 8.42 Å². The summed E-state index contributed by atoms with van der Waals surface area (Å²) in [5.74, 6) is 0.458. The van der Waals surface area contributed by atoms with Gasteiger partial charge >= 0.3 is 0 Å². The van der Waals surface area contributed by atoms with E-state index in [0.717, 1.165) is 29.9 Å². The molecule has 1 fully saturated rings. The number of sulfone groups is 1. The van der Waals surface area contributed by atoms with E-state index >= 15 is 0 Å². The van der Waals surface area contributed by atoms with Crippen molar-refractivity contribution >= 4 is 27.1 Å². The summed E-state index contributed by atoms with van der Waals surface area (Å²) >= 11 is 1.45. The molecule has 1 aliphatic heterocycles. The van der Waals surface area contributed by atoms with E-state index in [1.54, 1.807) is 24.3 Å². The standard InChI is InChI=1S/C19H20N2O4S2/c1-13-6-8-15(9-7-13)27(22,23)19-18(20-12-14-4-2-10-24-14)25-17(21-19)16-5-3-11-26-16/h3,5-9,11,14,20H,2,4,10,12H2,1H3/t14-/m0/s1. The van der Waals surface area contributed by atoms with Gasteiger partial charge in [0.2, 0.25) is 26.6 Å². The van der Waals surface area contributed by atoms with Gasteiger partial charge in [0, 0.05) is 13.2 Å². The van der Waals surface area contributed by atoms with E-state index in [1.165, 1.54) is 11.3 Å². The molecular weight excluding hydrogens is 384 g/mol. The summed E-state index contributed by atoms with van der Waals surface area (Å²) in [6.07, 6.45) is 2.01. The molecule has 27 heavy (non-hydrogen) atoms. The molecule has 4 rings (SSSR count). The summed E-state index contributed by atoms with van der Waals surface area (Å²) in [6, 6.07) is 10.4. The molecular formula is C19H20N2O4S2. The lowest BCUT2D eigenvalue weighted by Gasteiger charge is -2.10. The predicted molar refractivity (Wildman–Crippen MR) is 104 cm³/mol. The number of thiophene rings is 1. The van der Waals surface area contributed by atoms with Gasteiger partial charge in [-0.05, 0) is 43.3 Å². The highest BCUT2D eigenvalue weighted by molar-refractivity contribution is 7.91. The third-order valence-electron chi connectivity index (χ3n) is 4.43. The van der Waals surface area contributed by atoms with Crippen LogP contribution in [0.2, 0.25) is 0 Å². The van der Waals surface area contributed by atoms with Gasteiger partial charge in [-0.3, -0.25) is 0 Å². The fourth-order valence-corrected chi connectivity index (χ4v) is 4.87. The molecule has 3 aromatic rings. The van der Waals surface area contributed by atoms with Crippen molar-refractivity contribution in [3.63, 3.8) is 0 Å². The van der Waals surface area contributed by atoms with Crippen molar-refractivity contribution in [3.05, 3.63) is 47.3 Å². The number of nitrogens with one attached hydrogen (secondary N) is 1. The topological polar surface area (TPSA) is 81.4 Å². The van der Waals surface area contributed by atoms with Gasteiger partial charge in [0.15, 0.2) is 0 Å². The minimum atomic E-state index is -3.81. The Balaban J connectivity index is 1.71. The number of benzene rings is 1. The van der Waals surface area contributed by atoms with Crippen LogP contribution in [0.5, 0.6) is 0 Å². The Morgan fingerprint density at radius 3 is 2.74 bits per heavy atom. The second-order valence-electron chi connectivity index (χ2n) is 6.46. The van der Waals surface area contributed by atoms with Crippen LogP contribution < -0.4 is 5.32 Å². The molecule has 0 radical (unpaired) electrons. The average molecular weight is 405 g/mol. The number of aromatic nitrogens is 1. The van der Waals surface area contributed by atoms with Crippen LogP contribution in [0.1, 0.15) is 18.4 Å². The van der Waals surface area contributed by atoms with Gasteiger partial charge in [0.1, 0.15) is 0 Å². The van der Waals surface area contributed by atoms with Gasteiger partial charge in [-0.1, -0.05) is 23.8 Å². The number of aryl methyl sites for hydroxylation is 1. The van der Waals surface area contributed by atoms with Crippen molar-refractivity contribution in [1.29, 1.82) is 0 Å². The van der Waals surface area contributed by atoms with Crippen LogP contribution >= 0.6 is 11.3 Å². The zero-order chi connectivity index (χ0) is 18.9. The number of ether oxygens (including phenoxy) is 1. The second-order valence-corrected chi connectivity index (χ2v) is 9.28. The highest BCUT2D eigenvalue weighted by Crippen LogP contribution is 2.34. The van der Waals surface area contributed by atoms with Crippen LogP contribution in [0.4, 0.5) is 5.88 Å². The molecule has 0 spiro atoms. The molecule has 8 heteroatoms. The smallest absolute Gasteiger partial charge is 0.240 e. The molecule has 1 saturated heterocycles. The average Bonchev–Trinajstić information content (AvgIpc) is 3.40. The molecule has 6 nitrogen and oxygen atoms in total. The molecule has 0 bridgehead atoms. The van der Waals surface area contributed by atoms with Crippen LogP contribution in [0.25, 0.3) is 10.8 Å². The molecule has 3 heterocycles. The predicted octanol–water partition coefficient (Wildman–Crippen LogP) is 4.14. The quantitative estimate of drug-likeness (QED) is 0.665. The Morgan fingerprint density at radius 1 is 1.26 bits per heavy atom. The van der Waals surface area contributed by atoms with E-state index in [2.05, 4.69) is 10.3 Å². The van der Waals surface area contributed by atoms with Crippen LogP contribution in [0.3, 0.4) is 0 Å². The lowest BCUT2D eigenvalue weighted by Crippen LogP contribution is -2.19. The van der Waals surface area contributed by atoms with Crippen molar-refractivity contribution < 1.29 is 17.6 Å². The summed E-state index contributed by atoms with van der Waals surface area (Å²) < 4.78 is 37.7. The van der Waals surface area contributed by atoms with E-state index in [-0.39, 0.29) is 21.9 Å². The maximum atomic E-state index is 13.2. The first-order valence-electron chi connectivity index (χ1n) is 8.76.